The first-order valence-electron chi connectivity index (χ1n) is 6.22. The molecule has 0 unspecified atom stereocenters. The van der Waals surface area contributed by atoms with Gasteiger partial charge in [0.05, 0.1) is 17.4 Å². The molecule has 2 N–H and O–H groups in total. The molecule has 0 saturated carbocycles. The molecular formula is C14H16N6. The number of hydrogen-bond donors (Lipinski definition) is 2. The quantitative estimate of drug-likeness (QED) is 0.890. The number of aromatic nitrogens is 3. The lowest BCUT2D eigenvalue weighted by Crippen LogP contribution is -2.27. The maximum atomic E-state index is 9.05. The minimum absolute atomic E-state index is 0.113. The van der Waals surface area contributed by atoms with Crippen molar-refractivity contribution in [3.63, 3.8) is 0 Å². The fourth-order valence-corrected chi connectivity index (χ4v) is 1.61. The lowest BCUT2D eigenvalue weighted by Gasteiger charge is -2.20. The number of hydrogen-bond acceptors (Lipinski definition) is 6. The van der Waals surface area contributed by atoms with Crippen LogP contribution in [-0.4, -0.2) is 20.7 Å². The summed E-state index contributed by atoms with van der Waals surface area (Å²) in [5, 5.41) is 23.1. The van der Waals surface area contributed by atoms with Gasteiger partial charge in [-0.1, -0.05) is 12.1 Å². The van der Waals surface area contributed by atoms with Gasteiger partial charge in [-0.05, 0) is 32.9 Å². The van der Waals surface area contributed by atoms with Gasteiger partial charge in [0, 0.05) is 5.54 Å². The van der Waals surface area contributed by atoms with Crippen molar-refractivity contribution >= 4 is 17.5 Å². The van der Waals surface area contributed by atoms with Gasteiger partial charge in [0.15, 0.2) is 5.82 Å². The number of rotatable bonds is 3. The van der Waals surface area contributed by atoms with Crippen LogP contribution in [-0.2, 0) is 0 Å². The van der Waals surface area contributed by atoms with Gasteiger partial charge in [-0.25, -0.2) is 0 Å². The maximum absolute atomic E-state index is 9.05. The predicted molar refractivity (Wildman–Crippen MR) is 77.6 cm³/mol. The Morgan fingerprint density at radius 1 is 1.20 bits per heavy atom. The average Bonchev–Trinajstić information content (AvgIpc) is 2.38. The molecule has 0 aliphatic carbocycles. The van der Waals surface area contributed by atoms with E-state index in [-0.39, 0.29) is 5.54 Å². The molecule has 0 aliphatic heterocycles. The smallest absolute Gasteiger partial charge is 0.249 e. The molecule has 1 aromatic heterocycles. The minimum Gasteiger partial charge on any atom is -0.364 e. The van der Waals surface area contributed by atoms with Crippen LogP contribution in [0.2, 0.25) is 0 Å². The summed E-state index contributed by atoms with van der Waals surface area (Å²) in [6, 6.07) is 9.29. The number of para-hydroxylation sites is 1. The van der Waals surface area contributed by atoms with Crippen LogP contribution in [0.4, 0.5) is 17.5 Å². The SMILES string of the molecule is CC(C)(C)Nc1cnnc(Nc2ccccc2C#N)n1. The second kappa shape index (κ2) is 5.53. The Bertz CT molecular complexity index is 639. The Morgan fingerprint density at radius 2 is 1.95 bits per heavy atom. The third-order valence-corrected chi connectivity index (χ3v) is 2.36. The monoisotopic (exact) mass is 268 g/mol. The first-order valence-corrected chi connectivity index (χ1v) is 6.22. The molecule has 1 aromatic carbocycles. The lowest BCUT2D eigenvalue weighted by molar-refractivity contribution is 0.629. The summed E-state index contributed by atoms with van der Waals surface area (Å²) in [5.74, 6) is 0.978. The van der Waals surface area contributed by atoms with Gasteiger partial charge < -0.3 is 10.6 Å². The van der Waals surface area contributed by atoms with Crippen molar-refractivity contribution in [2.75, 3.05) is 10.6 Å². The molecule has 0 radical (unpaired) electrons. The molecule has 1 heterocycles. The normalized spacial score (nSPS) is 10.7. The number of anilines is 3. The van der Waals surface area contributed by atoms with E-state index >= 15 is 0 Å². The zero-order valence-corrected chi connectivity index (χ0v) is 11.7. The Kier molecular flexibility index (Phi) is 3.80. The first-order chi connectivity index (χ1) is 9.48. The van der Waals surface area contributed by atoms with E-state index in [0.717, 1.165) is 0 Å². The van der Waals surface area contributed by atoms with Crippen LogP contribution in [0.1, 0.15) is 26.3 Å². The fraction of sp³-hybridized carbons (Fsp3) is 0.286. The van der Waals surface area contributed by atoms with Crippen molar-refractivity contribution in [3.05, 3.63) is 36.0 Å². The molecule has 102 valence electrons. The Hall–Kier alpha value is -2.68. The topological polar surface area (TPSA) is 86.5 Å². The van der Waals surface area contributed by atoms with E-state index in [9.17, 15) is 0 Å². The molecule has 20 heavy (non-hydrogen) atoms. The summed E-state index contributed by atoms with van der Waals surface area (Å²) < 4.78 is 0. The van der Waals surface area contributed by atoms with E-state index in [0.29, 0.717) is 23.0 Å². The van der Waals surface area contributed by atoms with E-state index in [1.807, 2.05) is 26.8 Å². The number of nitrogens with one attached hydrogen (secondary N) is 2. The van der Waals surface area contributed by atoms with Crippen LogP contribution in [0.15, 0.2) is 30.5 Å². The first kappa shape index (κ1) is 13.7. The number of nitrogens with zero attached hydrogens (tertiary/aromatic N) is 4. The molecule has 6 heteroatoms. The van der Waals surface area contributed by atoms with Crippen molar-refractivity contribution in [1.29, 1.82) is 5.26 Å². The van der Waals surface area contributed by atoms with Crippen LogP contribution in [0.25, 0.3) is 0 Å². The summed E-state index contributed by atoms with van der Waals surface area (Å²) in [7, 11) is 0. The average molecular weight is 268 g/mol. The van der Waals surface area contributed by atoms with Crippen LogP contribution in [0.5, 0.6) is 0 Å². The van der Waals surface area contributed by atoms with E-state index in [1.165, 1.54) is 0 Å². The molecule has 2 aromatic rings. The van der Waals surface area contributed by atoms with Gasteiger partial charge in [-0.2, -0.15) is 15.3 Å². The van der Waals surface area contributed by atoms with Crippen molar-refractivity contribution in [2.45, 2.75) is 26.3 Å². The lowest BCUT2D eigenvalue weighted by atomic mass is 10.1. The molecule has 6 nitrogen and oxygen atoms in total. The summed E-state index contributed by atoms with van der Waals surface area (Å²) >= 11 is 0. The predicted octanol–water partition coefficient (Wildman–Crippen LogP) is 2.70. The van der Waals surface area contributed by atoms with Crippen molar-refractivity contribution in [3.8, 4) is 6.07 Å². The summed E-state index contributed by atoms with van der Waals surface area (Å²) in [4.78, 5) is 4.32. The Balaban J connectivity index is 2.22. The zero-order chi connectivity index (χ0) is 14.6. The second-order valence-corrected chi connectivity index (χ2v) is 5.32. The van der Waals surface area contributed by atoms with Gasteiger partial charge >= 0.3 is 0 Å². The third-order valence-electron chi connectivity index (χ3n) is 2.36. The highest BCUT2D eigenvalue weighted by molar-refractivity contribution is 5.63. The Morgan fingerprint density at radius 3 is 2.65 bits per heavy atom. The summed E-state index contributed by atoms with van der Waals surface area (Å²) in [6.45, 7) is 6.10. The van der Waals surface area contributed by atoms with E-state index < -0.39 is 0 Å². The van der Waals surface area contributed by atoms with E-state index in [2.05, 4.69) is 31.9 Å². The molecule has 0 atom stereocenters. The van der Waals surface area contributed by atoms with Crippen LogP contribution in [0, 0.1) is 11.3 Å². The van der Waals surface area contributed by atoms with Crippen molar-refractivity contribution in [2.24, 2.45) is 0 Å². The standard InChI is InChI=1S/C14H16N6/c1-14(2,3)19-12-9-16-20-13(18-12)17-11-7-5-4-6-10(11)8-15/h4-7,9H,1-3H3,(H2,17,18,19,20). The number of benzene rings is 1. The third kappa shape index (κ3) is 3.65. The van der Waals surface area contributed by atoms with E-state index in [1.54, 1.807) is 24.4 Å². The largest absolute Gasteiger partial charge is 0.364 e. The van der Waals surface area contributed by atoms with Gasteiger partial charge in [0.2, 0.25) is 5.95 Å². The minimum atomic E-state index is -0.113. The molecule has 0 saturated heterocycles. The van der Waals surface area contributed by atoms with Gasteiger partial charge in [0.25, 0.3) is 0 Å². The van der Waals surface area contributed by atoms with Crippen LogP contribution in [0.3, 0.4) is 0 Å². The fourth-order valence-electron chi connectivity index (χ4n) is 1.61. The summed E-state index contributed by atoms with van der Waals surface area (Å²) in [6.07, 6.45) is 1.56. The van der Waals surface area contributed by atoms with Gasteiger partial charge in [-0.3, -0.25) is 0 Å². The van der Waals surface area contributed by atoms with Crippen molar-refractivity contribution < 1.29 is 0 Å². The zero-order valence-electron chi connectivity index (χ0n) is 11.7. The van der Waals surface area contributed by atoms with Gasteiger partial charge in [0.1, 0.15) is 6.07 Å². The Labute approximate surface area is 117 Å². The van der Waals surface area contributed by atoms with Crippen LogP contribution >= 0.6 is 0 Å². The number of nitriles is 1. The highest BCUT2D eigenvalue weighted by atomic mass is 15.3. The van der Waals surface area contributed by atoms with Crippen molar-refractivity contribution in [1.82, 2.24) is 15.2 Å². The van der Waals surface area contributed by atoms with E-state index in [4.69, 9.17) is 5.26 Å². The molecule has 0 fully saturated rings. The van der Waals surface area contributed by atoms with Gasteiger partial charge in [-0.15, -0.1) is 5.10 Å². The summed E-state index contributed by atoms with van der Waals surface area (Å²) in [5.41, 5.74) is 1.08. The molecular weight excluding hydrogens is 252 g/mol. The molecule has 0 spiro atoms. The molecule has 0 amide bonds. The highest BCUT2D eigenvalue weighted by Gasteiger charge is 2.11. The molecule has 0 bridgehead atoms. The maximum Gasteiger partial charge on any atom is 0.249 e. The highest BCUT2D eigenvalue weighted by Crippen LogP contribution is 2.18. The second-order valence-electron chi connectivity index (χ2n) is 5.32. The molecule has 0 aliphatic rings. The molecule has 2 rings (SSSR count). The van der Waals surface area contributed by atoms with Crippen LogP contribution < -0.4 is 10.6 Å².